The third-order valence-corrected chi connectivity index (χ3v) is 4.70. The molecule has 0 aliphatic heterocycles. The van der Waals surface area contributed by atoms with Crippen LogP contribution >= 0.6 is 0 Å². The molecule has 1 amide bonds. The molecular formula is C14H23NO3. The van der Waals surface area contributed by atoms with Gasteiger partial charge in [-0.25, -0.2) is 0 Å². The molecule has 102 valence electrons. The first-order chi connectivity index (χ1) is 8.57. The molecule has 2 N–H and O–H groups in total. The Balaban J connectivity index is 1.74. The van der Waals surface area contributed by atoms with Crippen molar-refractivity contribution in [2.75, 3.05) is 6.54 Å². The quantitative estimate of drug-likeness (QED) is 0.789. The molecule has 0 unspecified atom stereocenters. The number of carbonyl (C=O) groups excluding carboxylic acids is 1. The van der Waals surface area contributed by atoms with Crippen molar-refractivity contribution in [2.45, 2.75) is 51.9 Å². The number of rotatable bonds is 5. The van der Waals surface area contributed by atoms with Gasteiger partial charge in [0.15, 0.2) is 0 Å². The highest BCUT2D eigenvalue weighted by Crippen LogP contribution is 2.45. The van der Waals surface area contributed by atoms with Gasteiger partial charge in [-0.05, 0) is 44.4 Å². The highest BCUT2D eigenvalue weighted by atomic mass is 16.4. The summed E-state index contributed by atoms with van der Waals surface area (Å²) in [5, 5.41) is 11.9. The third-order valence-electron chi connectivity index (χ3n) is 4.70. The van der Waals surface area contributed by atoms with Crippen molar-refractivity contribution in [3.05, 3.63) is 0 Å². The number of nitrogens with one attached hydrogen (secondary N) is 1. The second kappa shape index (κ2) is 5.29. The first kappa shape index (κ1) is 13.4. The monoisotopic (exact) mass is 253 g/mol. The Morgan fingerprint density at radius 2 is 1.83 bits per heavy atom. The van der Waals surface area contributed by atoms with E-state index in [2.05, 4.69) is 12.2 Å². The van der Waals surface area contributed by atoms with E-state index < -0.39 is 11.4 Å². The second-order valence-electron chi connectivity index (χ2n) is 5.93. The minimum Gasteiger partial charge on any atom is -0.481 e. The molecule has 0 radical (unpaired) electrons. The molecule has 0 aromatic rings. The van der Waals surface area contributed by atoms with Crippen LogP contribution < -0.4 is 5.32 Å². The molecule has 0 spiro atoms. The van der Waals surface area contributed by atoms with Gasteiger partial charge in [-0.15, -0.1) is 0 Å². The van der Waals surface area contributed by atoms with Crippen molar-refractivity contribution >= 4 is 11.9 Å². The van der Waals surface area contributed by atoms with Crippen molar-refractivity contribution < 1.29 is 14.7 Å². The van der Waals surface area contributed by atoms with Crippen molar-refractivity contribution in [1.82, 2.24) is 5.32 Å². The summed E-state index contributed by atoms with van der Waals surface area (Å²) in [4.78, 5) is 23.0. The van der Waals surface area contributed by atoms with Gasteiger partial charge in [0.2, 0.25) is 5.91 Å². The van der Waals surface area contributed by atoms with E-state index in [-0.39, 0.29) is 11.8 Å². The molecular weight excluding hydrogens is 230 g/mol. The van der Waals surface area contributed by atoms with E-state index >= 15 is 0 Å². The molecule has 0 aromatic heterocycles. The van der Waals surface area contributed by atoms with Crippen LogP contribution in [0.15, 0.2) is 0 Å². The predicted octanol–water partition coefficient (Wildman–Crippen LogP) is 2.18. The summed E-state index contributed by atoms with van der Waals surface area (Å²) in [5.74, 6) is 0.190. The fraction of sp³-hybridized carbons (Fsp3) is 0.857. The molecule has 2 aliphatic carbocycles. The molecule has 2 aliphatic rings. The zero-order chi connectivity index (χ0) is 13.2. The van der Waals surface area contributed by atoms with Crippen molar-refractivity contribution in [3.63, 3.8) is 0 Å². The van der Waals surface area contributed by atoms with E-state index in [4.69, 9.17) is 5.11 Å². The number of carbonyl (C=O) groups is 2. The number of amides is 1. The zero-order valence-corrected chi connectivity index (χ0v) is 11.1. The Morgan fingerprint density at radius 1 is 1.22 bits per heavy atom. The molecule has 2 rings (SSSR count). The van der Waals surface area contributed by atoms with Gasteiger partial charge in [0.05, 0.1) is 5.41 Å². The van der Waals surface area contributed by atoms with Crippen LogP contribution in [0.5, 0.6) is 0 Å². The van der Waals surface area contributed by atoms with Gasteiger partial charge in [0, 0.05) is 12.5 Å². The Kier molecular flexibility index (Phi) is 3.93. The van der Waals surface area contributed by atoms with Crippen LogP contribution in [-0.4, -0.2) is 23.5 Å². The predicted molar refractivity (Wildman–Crippen MR) is 68.1 cm³/mol. The molecule has 0 atom stereocenters. The molecule has 18 heavy (non-hydrogen) atoms. The standard InChI is InChI=1S/C14H23NO3/c1-2-10-3-5-11(6-4-10)12(16)15-9-14(7-8-14)13(17)18/h10-11H,2-9H2,1H3,(H,15,16)(H,17,18). The van der Waals surface area contributed by atoms with E-state index in [1.165, 1.54) is 6.42 Å². The fourth-order valence-electron chi connectivity index (χ4n) is 2.85. The molecule has 0 heterocycles. The lowest BCUT2D eigenvalue weighted by molar-refractivity contribution is -0.143. The van der Waals surface area contributed by atoms with Crippen LogP contribution in [0.1, 0.15) is 51.9 Å². The molecule has 0 aromatic carbocycles. The number of hydrogen-bond donors (Lipinski definition) is 2. The van der Waals surface area contributed by atoms with E-state index in [1.807, 2.05) is 0 Å². The van der Waals surface area contributed by atoms with Crippen LogP contribution in [0.2, 0.25) is 0 Å². The lowest BCUT2D eigenvalue weighted by Gasteiger charge is -2.27. The Bertz CT molecular complexity index is 328. The van der Waals surface area contributed by atoms with Gasteiger partial charge in [-0.1, -0.05) is 13.3 Å². The first-order valence-corrected chi connectivity index (χ1v) is 7.08. The molecule has 0 saturated heterocycles. The van der Waals surface area contributed by atoms with E-state index in [0.717, 1.165) is 31.6 Å². The van der Waals surface area contributed by atoms with Gasteiger partial charge in [-0.3, -0.25) is 9.59 Å². The zero-order valence-electron chi connectivity index (χ0n) is 11.1. The van der Waals surface area contributed by atoms with Gasteiger partial charge in [-0.2, -0.15) is 0 Å². The normalized spacial score (nSPS) is 29.6. The number of aliphatic carboxylic acids is 1. The second-order valence-corrected chi connectivity index (χ2v) is 5.93. The highest BCUT2D eigenvalue weighted by Gasteiger charge is 2.50. The minimum atomic E-state index is -0.766. The Morgan fingerprint density at radius 3 is 2.28 bits per heavy atom. The fourth-order valence-corrected chi connectivity index (χ4v) is 2.85. The summed E-state index contributed by atoms with van der Waals surface area (Å²) in [7, 11) is 0. The van der Waals surface area contributed by atoms with Gasteiger partial charge in [0.25, 0.3) is 0 Å². The van der Waals surface area contributed by atoms with Crippen molar-refractivity contribution in [3.8, 4) is 0 Å². The van der Waals surface area contributed by atoms with Gasteiger partial charge < -0.3 is 10.4 Å². The lowest BCUT2D eigenvalue weighted by atomic mass is 9.80. The molecule has 4 heteroatoms. The summed E-state index contributed by atoms with van der Waals surface area (Å²) >= 11 is 0. The Hall–Kier alpha value is -1.06. The van der Waals surface area contributed by atoms with Crippen LogP contribution in [0.4, 0.5) is 0 Å². The van der Waals surface area contributed by atoms with Crippen molar-refractivity contribution in [1.29, 1.82) is 0 Å². The van der Waals surface area contributed by atoms with Crippen LogP contribution in [0.25, 0.3) is 0 Å². The van der Waals surface area contributed by atoms with Crippen molar-refractivity contribution in [2.24, 2.45) is 17.3 Å². The minimum absolute atomic E-state index is 0.0667. The first-order valence-electron chi connectivity index (χ1n) is 7.08. The SMILES string of the molecule is CCC1CCC(C(=O)NCC2(C(=O)O)CC2)CC1. The summed E-state index contributed by atoms with van der Waals surface area (Å²) in [6, 6.07) is 0. The Labute approximate surface area is 108 Å². The molecule has 0 bridgehead atoms. The average Bonchev–Trinajstić information content (AvgIpc) is 3.17. The maximum absolute atomic E-state index is 12.0. The number of hydrogen-bond acceptors (Lipinski definition) is 2. The summed E-state index contributed by atoms with van der Waals surface area (Å²) in [5.41, 5.74) is -0.643. The number of carboxylic acids is 1. The van der Waals surface area contributed by atoms with Gasteiger partial charge >= 0.3 is 5.97 Å². The van der Waals surface area contributed by atoms with Crippen LogP contribution in [0.3, 0.4) is 0 Å². The van der Waals surface area contributed by atoms with Gasteiger partial charge in [0.1, 0.15) is 0 Å². The van der Waals surface area contributed by atoms with E-state index in [0.29, 0.717) is 19.4 Å². The third kappa shape index (κ3) is 2.85. The molecule has 4 nitrogen and oxygen atoms in total. The maximum Gasteiger partial charge on any atom is 0.311 e. The number of carboxylic acid groups (broad SMARTS) is 1. The summed E-state index contributed by atoms with van der Waals surface area (Å²) in [6.45, 7) is 2.52. The topological polar surface area (TPSA) is 66.4 Å². The van der Waals surface area contributed by atoms with E-state index in [1.54, 1.807) is 0 Å². The largest absolute Gasteiger partial charge is 0.481 e. The van der Waals surface area contributed by atoms with Crippen LogP contribution in [-0.2, 0) is 9.59 Å². The average molecular weight is 253 g/mol. The lowest BCUT2D eigenvalue weighted by Crippen LogP contribution is -2.38. The molecule has 2 saturated carbocycles. The smallest absolute Gasteiger partial charge is 0.311 e. The van der Waals surface area contributed by atoms with Crippen LogP contribution in [0, 0.1) is 17.3 Å². The summed E-state index contributed by atoms with van der Waals surface area (Å²) in [6.07, 6.45) is 6.80. The van der Waals surface area contributed by atoms with E-state index in [9.17, 15) is 9.59 Å². The summed E-state index contributed by atoms with van der Waals surface area (Å²) < 4.78 is 0. The maximum atomic E-state index is 12.0. The highest BCUT2D eigenvalue weighted by molar-refractivity contribution is 5.82. The molecule has 2 fully saturated rings.